The zero-order valence-electron chi connectivity index (χ0n) is 39.9. The molecule has 0 aliphatic carbocycles. The average molecular weight is 944 g/mol. The second kappa shape index (κ2) is 13.8. The Morgan fingerprint density at radius 3 is 1.55 bits per heavy atom. The largest absolute Gasteiger partial charge is 0.458 e. The maximum Gasteiger partial charge on any atom is 0.256 e. The molecule has 0 radical (unpaired) electrons. The van der Waals surface area contributed by atoms with Crippen LogP contribution in [0, 0.1) is 6.92 Å². The van der Waals surface area contributed by atoms with Gasteiger partial charge in [0.1, 0.15) is 33.8 Å². The summed E-state index contributed by atoms with van der Waals surface area (Å²) in [6, 6.07) is 77.1. The van der Waals surface area contributed by atoms with Crippen LogP contribution in [0.25, 0.3) is 137 Å². The maximum atomic E-state index is 7.29. The number of rotatable bonds is 3. The number of aryl methyl sites for hydroxylation is 1. The Labute approximate surface area is 422 Å². The van der Waals surface area contributed by atoms with Crippen LogP contribution >= 0.6 is 0 Å². The number of furan rings is 2. The van der Waals surface area contributed by atoms with Gasteiger partial charge in [-0.25, -0.2) is 0 Å². The lowest BCUT2D eigenvalue weighted by Crippen LogP contribution is -2.58. The molecule has 0 amide bonds. The second-order valence-corrected chi connectivity index (χ2v) is 20.4. The lowest BCUT2D eigenvalue weighted by molar-refractivity contribution is 0.487. The Hall–Kier alpha value is -9.72. The molecule has 5 aromatic heterocycles. The first-order valence-electron chi connectivity index (χ1n) is 25.4. The lowest BCUT2D eigenvalue weighted by Gasteiger charge is -2.33. The molecule has 0 saturated carbocycles. The van der Waals surface area contributed by atoms with Crippen molar-refractivity contribution < 1.29 is 13.6 Å². The SMILES string of the molecule is Cc1cc2c3c(c1)-n1c4ccc5c6cc(-n7c8ccccc8c8ccccc87)ccc6oc5c4c4c5oc6ccc(-n7c8ccccc8c8ccccc87)cc6c5cc(c41)B3c1ccc(-c3ccccc3)cc1O2. The molecule has 7 heterocycles. The third kappa shape index (κ3) is 4.91. The number of ether oxygens (including phenoxy) is 1. The highest BCUT2D eigenvalue weighted by Gasteiger charge is 2.42. The summed E-state index contributed by atoms with van der Waals surface area (Å²) in [5.41, 5.74) is 20.5. The van der Waals surface area contributed by atoms with E-state index in [1.807, 2.05) is 0 Å². The molecule has 74 heavy (non-hydrogen) atoms. The van der Waals surface area contributed by atoms with Gasteiger partial charge in [0.05, 0.1) is 43.9 Å². The van der Waals surface area contributed by atoms with Crippen molar-refractivity contribution in [3.8, 4) is 39.7 Å². The third-order valence-electron chi connectivity index (χ3n) is 16.5. The Bertz CT molecular complexity index is 5090. The van der Waals surface area contributed by atoms with Crippen LogP contribution in [0.4, 0.5) is 0 Å². The van der Waals surface area contributed by atoms with Crippen LogP contribution in [0.1, 0.15) is 5.56 Å². The molecule has 0 fully saturated rings. The minimum atomic E-state index is -0.122. The number of para-hydroxylation sites is 4. The number of fused-ring (bicyclic) bond motifs is 21. The summed E-state index contributed by atoms with van der Waals surface area (Å²) < 4.78 is 28.9. The zero-order chi connectivity index (χ0) is 48.1. The molecule has 6 nitrogen and oxygen atoms in total. The van der Waals surface area contributed by atoms with Crippen LogP contribution in [0.5, 0.6) is 11.5 Å². The minimum Gasteiger partial charge on any atom is -0.458 e. The highest BCUT2D eigenvalue weighted by atomic mass is 16.5. The van der Waals surface area contributed by atoms with E-state index in [9.17, 15) is 0 Å². The fourth-order valence-corrected chi connectivity index (χ4v) is 13.5. The molecule has 7 heteroatoms. The summed E-state index contributed by atoms with van der Waals surface area (Å²) in [6.45, 7) is 2.05. The van der Waals surface area contributed by atoms with E-state index in [-0.39, 0.29) is 6.71 Å². The summed E-state index contributed by atoms with van der Waals surface area (Å²) in [5.74, 6) is 1.76. The van der Waals surface area contributed by atoms with Gasteiger partial charge < -0.3 is 27.3 Å². The fourth-order valence-electron chi connectivity index (χ4n) is 13.5. The van der Waals surface area contributed by atoms with Crippen molar-refractivity contribution in [1.29, 1.82) is 0 Å². The van der Waals surface area contributed by atoms with Crippen molar-refractivity contribution in [2.75, 3.05) is 0 Å². The van der Waals surface area contributed by atoms with Crippen LogP contribution < -0.4 is 21.1 Å². The Balaban J connectivity index is 0.963. The molecule has 0 spiro atoms. The van der Waals surface area contributed by atoms with Crippen LogP contribution in [0.2, 0.25) is 0 Å². The van der Waals surface area contributed by atoms with E-state index in [0.29, 0.717) is 0 Å². The van der Waals surface area contributed by atoms with E-state index in [1.165, 1.54) is 54.5 Å². The molecular formula is C67H38BN3O3. The molecule has 0 N–H and O–H groups in total. The molecule has 2 aliphatic rings. The first kappa shape index (κ1) is 39.0. The smallest absolute Gasteiger partial charge is 0.256 e. The van der Waals surface area contributed by atoms with Crippen molar-refractivity contribution >= 4 is 132 Å². The average Bonchev–Trinajstić information content (AvgIpc) is 4.26. The minimum absolute atomic E-state index is 0.122. The second-order valence-electron chi connectivity index (χ2n) is 20.4. The van der Waals surface area contributed by atoms with Gasteiger partial charge in [0.2, 0.25) is 0 Å². The predicted molar refractivity (Wildman–Crippen MR) is 305 cm³/mol. The van der Waals surface area contributed by atoms with Crippen molar-refractivity contribution in [1.82, 2.24) is 13.7 Å². The number of benzene rings is 11. The summed E-state index contributed by atoms with van der Waals surface area (Å²) >= 11 is 0. The summed E-state index contributed by atoms with van der Waals surface area (Å²) in [6.07, 6.45) is 0. The van der Waals surface area contributed by atoms with Gasteiger partial charge in [-0.1, -0.05) is 121 Å². The normalized spacial score (nSPS) is 13.0. The van der Waals surface area contributed by atoms with Crippen LogP contribution in [-0.4, -0.2) is 20.4 Å². The summed E-state index contributed by atoms with van der Waals surface area (Å²) in [7, 11) is 0. The topological polar surface area (TPSA) is 50.3 Å². The molecule has 2 aliphatic heterocycles. The Kier molecular flexibility index (Phi) is 7.28. The molecule has 16 aromatic rings. The highest BCUT2D eigenvalue weighted by molar-refractivity contribution is 6.99. The van der Waals surface area contributed by atoms with Gasteiger partial charge in [-0.15, -0.1) is 0 Å². The highest BCUT2D eigenvalue weighted by Crippen LogP contribution is 2.48. The van der Waals surface area contributed by atoms with Gasteiger partial charge in [-0.05, 0) is 131 Å². The molecule has 0 atom stereocenters. The Morgan fingerprint density at radius 2 is 0.932 bits per heavy atom. The molecular weight excluding hydrogens is 906 g/mol. The lowest BCUT2D eigenvalue weighted by atomic mass is 9.34. The number of aromatic nitrogens is 3. The van der Waals surface area contributed by atoms with E-state index in [1.54, 1.807) is 0 Å². The maximum absolute atomic E-state index is 7.29. The van der Waals surface area contributed by atoms with Crippen LogP contribution in [0.15, 0.2) is 221 Å². The van der Waals surface area contributed by atoms with Crippen LogP contribution in [-0.2, 0) is 0 Å². The summed E-state index contributed by atoms with van der Waals surface area (Å²) in [5, 5.41) is 11.3. The first-order chi connectivity index (χ1) is 36.6. The van der Waals surface area contributed by atoms with Gasteiger partial charge >= 0.3 is 0 Å². The van der Waals surface area contributed by atoms with E-state index in [4.69, 9.17) is 13.6 Å². The van der Waals surface area contributed by atoms with Crippen molar-refractivity contribution in [3.63, 3.8) is 0 Å². The fraction of sp³-hybridized carbons (Fsp3) is 0.0149. The van der Waals surface area contributed by atoms with Crippen LogP contribution in [0.3, 0.4) is 0 Å². The van der Waals surface area contributed by atoms with Crippen molar-refractivity contribution in [2.24, 2.45) is 0 Å². The zero-order valence-corrected chi connectivity index (χ0v) is 39.9. The third-order valence-corrected chi connectivity index (χ3v) is 16.5. The predicted octanol–water partition coefficient (Wildman–Crippen LogP) is 15.7. The van der Waals surface area contributed by atoms with Gasteiger partial charge in [0, 0.05) is 60.2 Å². The molecule has 0 saturated heterocycles. The van der Waals surface area contributed by atoms with E-state index < -0.39 is 0 Å². The van der Waals surface area contributed by atoms with E-state index in [0.717, 1.165) is 116 Å². The molecule has 0 unspecified atom stereocenters. The van der Waals surface area contributed by atoms with E-state index in [2.05, 4.69) is 233 Å². The number of hydrogen-bond acceptors (Lipinski definition) is 3. The van der Waals surface area contributed by atoms with Crippen molar-refractivity contribution in [2.45, 2.75) is 6.92 Å². The molecule has 342 valence electrons. The van der Waals surface area contributed by atoms with Gasteiger partial charge in [-0.3, -0.25) is 0 Å². The Morgan fingerprint density at radius 1 is 0.365 bits per heavy atom. The number of hydrogen-bond donors (Lipinski definition) is 0. The molecule has 11 aromatic carbocycles. The monoisotopic (exact) mass is 943 g/mol. The van der Waals surface area contributed by atoms with Gasteiger partial charge in [0.15, 0.2) is 0 Å². The van der Waals surface area contributed by atoms with Crippen molar-refractivity contribution in [3.05, 3.63) is 218 Å². The molecule has 18 rings (SSSR count). The van der Waals surface area contributed by atoms with Gasteiger partial charge in [0.25, 0.3) is 6.71 Å². The standard InChI is InChI=1S/C67H38BN3O3/c1-37-31-57-64-61(32-37)72-60-33-39(38-13-3-2-4-14-38)23-27-50(60)68(64)51-36-49-48-35-41(70-54-21-11-7-17-44(54)45-18-8-12-22-55(45)70)25-30-59(48)74-67(49)63-62-56(71(57)65(51)63)28-26-46-47-34-40(24-29-58(47)73-66(46)62)69-52-19-9-5-15-42(52)43-16-6-10-20-53(43)69/h2-36H,1H3. The number of nitrogens with zero attached hydrogens (tertiary/aromatic N) is 3. The first-order valence-corrected chi connectivity index (χ1v) is 25.4. The van der Waals surface area contributed by atoms with Gasteiger partial charge in [-0.2, -0.15) is 0 Å². The van der Waals surface area contributed by atoms with E-state index >= 15 is 0 Å². The molecule has 0 bridgehead atoms. The summed E-state index contributed by atoms with van der Waals surface area (Å²) in [4.78, 5) is 0. The quantitative estimate of drug-likeness (QED) is 0.166.